The van der Waals surface area contributed by atoms with Crippen molar-refractivity contribution in [2.75, 3.05) is 39.9 Å². The van der Waals surface area contributed by atoms with Crippen molar-refractivity contribution in [2.24, 2.45) is 0 Å². The van der Waals surface area contributed by atoms with Gasteiger partial charge in [-0.2, -0.15) is 0 Å². The second-order valence-corrected chi connectivity index (χ2v) is 7.74. The quantitative estimate of drug-likeness (QED) is 0.849. The first-order valence-corrected chi connectivity index (χ1v) is 9.24. The summed E-state index contributed by atoms with van der Waals surface area (Å²) in [5.41, 5.74) is 2.67. The SMILES string of the molecule is Cc1c(C(=O)N2CCN(C)C3(CCOCC3)C2)[nH]c2ccc(Cl)cc12. The Labute approximate surface area is 152 Å². The molecule has 1 N–H and O–H groups in total. The number of benzene rings is 1. The van der Waals surface area contributed by atoms with Crippen LogP contribution in [0, 0.1) is 6.92 Å². The van der Waals surface area contributed by atoms with E-state index < -0.39 is 0 Å². The predicted molar refractivity (Wildman–Crippen MR) is 99.4 cm³/mol. The van der Waals surface area contributed by atoms with Crippen molar-refractivity contribution in [3.63, 3.8) is 0 Å². The molecule has 2 aliphatic heterocycles. The molecule has 134 valence electrons. The van der Waals surface area contributed by atoms with Gasteiger partial charge in [0.2, 0.25) is 0 Å². The molecule has 2 aliphatic rings. The van der Waals surface area contributed by atoms with Gasteiger partial charge in [0.05, 0.1) is 0 Å². The third kappa shape index (κ3) is 2.84. The van der Waals surface area contributed by atoms with E-state index in [0.717, 1.165) is 62.2 Å². The van der Waals surface area contributed by atoms with Crippen molar-refractivity contribution >= 4 is 28.4 Å². The summed E-state index contributed by atoms with van der Waals surface area (Å²) in [6, 6.07) is 5.70. The molecule has 1 aromatic heterocycles. The summed E-state index contributed by atoms with van der Waals surface area (Å²) in [5.74, 6) is 0.0868. The molecule has 1 spiro atoms. The van der Waals surface area contributed by atoms with Gasteiger partial charge < -0.3 is 14.6 Å². The number of nitrogens with one attached hydrogen (secondary N) is 1. The number of aromatic amines is 1. The minimum absolute atomic E-state index is 0.0510. The van der Waals surface area contributed by atoms with Crippen LogP contribution in [-0.2, 0) is 4.74 Å². The molecule has 2 aromatic rings. The molecule has 0 unspecified atom stereocenters. The Morgan fingerprint density at radius 1 is 1.28 bits per heavy atom. The molecule has 4 rings (SSSR count). The molecule has 0 saturated carbocycles. The van der Waals surface area contributed by atoms with Crippen molar-refractivity contribution < 1.29 is 9.53 Å². The number of aryl methyl sites for hydroxylation is 1. The minimum Gasteiger partial charge on any atom is -0.381 e. The molecular formula is C19H24ClN3O2. The Balaban J connectivity index is 1.63. The van der Waals surface area contributed by atoms with E-state index >= 15 is 0 Å². The summed E-state index contributed by atoms with van der Waals surface area (Å²) in [5, 5.41) is 1.71. The minimum atomic E-state index is 0.0510. The smallest absolute Gasteiger partial charge is 0.270 e. The lowest BCUT2D eigenvalue weighted by atomic mass is 9.86. The molecule has 0 aliphatic carbocycles. The standard InChI is InChI=1S/C19H24ClN3O2/c1-13-15-11-14(20)3-4-16(15)21-17(13)18(24)23-8-7-22(2)19(12-23)5-9-25-10-6-19/h3-4,11,21H,5-10,12H2,1-2H3. The number of H-pyrrole nitrogens is 1. The average molecular weight is 362 g/mol. The van der Waals surface area contributed by atoms with Gasteiger partial charge >= 0.3 is 0 Å². The highest BCUT2D eigenvalue weighted by atomic mass is 35.5. The maximum absolute atomic E-state index is 13.2. The zero-order valence-electron chi connectivity index (χ0n) is 14.8. The lowest BCUT2D eigenvalue weighted by Crippen LogP contribution is -2.63. The fraction of sp³-hybridized carbons (Fsp3) is 0.526. The van der Waals surface area contributed by atoms with Crippen LogP contribution in [0.3, 0.4) is 0 Å². The fourth-order valence-electron chi connectivity index (χ4n) is 4.20. The van der Waals surface area contributed by atoms with Gasteiger partial charge in [0.15, 0.2) is 0 Å². The number of hydrogen-bond acceptors (Lipinski definition) is 3. The van der Waals surface area contributed by atoms with Crippen LogP contribution >= 0.6 is 11.6 Å². The highest BCUT2D eigenvalue weighted by Gasteiger charge is 2.42. The van der Waals surface area contributed by atoms with Crippen molar-refractivity contribution in [3.8, 4) is 0 Å². The van der Waals surface area contributed by atoms with E-state index in [1.54, 1.807) is 0 Å². The molecular weight excluding hydrogens is 338 g/mol. The Kier molecular flexibility index (Phi) is 4.26. The van der Waals surface area contributed by atoms with Gasteiger partial charge in [0.25, 0.3) is 5.91 Å². The molecule has 0 atom stereocenters. The number of likely N-dealkylation sites (N-methyl/N-ethyl adjacent to an activating group) is 1. The number of amides is 1. The maximum Gasteiger partial charge on any atom is 0.270 e. The van der Waals surface area contributed by atoms with Crippen molar-refractivity contribution in [2.45, 2.75) is 25.3 Å². The lowest BCUT2D eigenvalue weighted by molar-refractivity contribution is -0.0544. The molecule has 6 heteroatoms. The van der Waals surface area contributed by atoms with Crippen molar-refractivity contribution in [1.29, 1.82) is 0 Å². The van der Waals surface area contributed by atoms with E-state index in [1.807, 2.05) is 30.0 Å². The van der Waals surface area contributed by atoms with Gasteiger partial charge in [-0.25, -0.2) is 0 Å². The van der Waals surface area contributed by atoms with E-state index in [0.29, 0.717) is 10.7 Å². The van der Waals surface area contributed by atoms with Gasteiger partial charge in [-0.3, -0.25) is 9.69 Å². The topological polar surface area (TPSA) is 48.6 Å². The first kappa shape index (κ1) is 16.9. The van der Waals surface area contributed by atoms with Crippen LogP contribution < -0.4 is 0 Å². The second kappa shape index (κ2) is 6.31. The highest BCUT2D eigenvalue weighted by molar-refractivity contribution is 6.31. The summed E-state index contributed by atoms with van der Waals surface area (Å²) >= 11 is 6.12. The second-order valence-electron chi connectivity index (χ2n) is 7.30. The largest absolute Gasteiger partial charge is 0.381 e. The van der Waals surface area contributed by atoms with Crippen LogP contribution in [0.25, 0.3) is 10.9 Å². The van der Waals surface area contributed by atoms with E-state index in [2.05, 4.69) is 16.9 Å². The molecule has 0 radical (unpaired) electrons. The number of ether oxygens (including phenoxy) is 1. The summed E-state index contributed by atoms with van der Waals surface area (Å²) in [6.07, 6.45) is 1.96. The third-order valence-corrected chi connectivity index (χ3v) is 6.18. The Morgan fingerprint density at radius 2 is 2.04 bits per heavy atom. The van der Waals surface area contributed by atoms with Gasteiger partial charge in [0, 0.05) is 54.3 Å². The van der Waals surface area contributed by atoms with Crippen molar-refractivity contribution in [1.82, 2.24) is 14.8 Å². The van der Waals surface area contributed by atoms with Crippen LogP contribution in [0.1, 0.15) is 28.9 Å². The van der Waals surface area contributed by atoms with Crippen molar-refractivity contribution in [3.05, 3.63) is 34.5 Å². The fourth-order valence-corrected chi connectivity index (χ4v) is 4.37. The maximum atomic E-state index is 13.2. The Morgan fingerprint density at radius 3 is 2.80 bits per heavy atom. The lowest BCUT2D eigenvalue weighted by Gasteiger charge is -2.51. The summed E-state index contributed by atoms with van der Waals surface area (Å²) in [6.45, 7) is 5.96. The van der Waals surface area contributed by atoms with Crippen LogP contribution in [-0.4, -0.2) is 66.1 Å². The summed E-state index contributed by atoms with van der Waals surface area (Å²) < 4.78 is 5.55. The number of aromatic nitrogens is 1. The van der Waals surface area contributed by atoms with Gasteiger partial charge in [-0.1, -0.05) is 11.6 Å². The number of nitrogens with zero attached hydrogens (tertiary/aromatic N) is 2. The first-order chi connectivity index (χ1) is 12.0. The summed E-state index contributed by atoms with van der Waals surface area (Å²) in [4.78, 5) is 20.9. The van der Waals surface area contributed by atoms with E-state index in [-0.39, 0.29) is 11.4 Å². The monoisotopic (exact) mass is 361 g/mol. The van der Waals surface area contributed by atoms with E-state index in [1.165, 1.54) is 0 Å². The van der Waals surface area contributed by atoms with Gasteiger partial charge in [-0.15, -0.1) is 0 Å². The third-order valence-electron chi connectivity index (χ3n) is 5.95. The van der Waals surface area contributed by atoms with Crippen LogP contribution in [0.4, 0.5) is 0 Å². The zero-order valence-corrected chi connectivity index (χ0v) is 15.5. The zero-order chi connectivity index (χ0) is 17.6. The Hall–Kier alpha value is -1.56. The van der Waals surface area contributed by atoms with Crippen LogP contribution in [0.15, 0.2) is 18.2 Å². The number of carbonyl (C=O) groups is 1. The number of hydrogen-bond donors (Lipinski definition) is 1. The molecule has 2 fully saturated rings. The molecule has 5 nitrogen and oxygen atoms in total. The molecule has 25 heavy (non-hydrogen) atoms. The highest BCUT2D eigenvalue weighted by Crippen LogP contribution is 2.32. The van der Waals surface area contributed by atoms with Crippen LogP contribution in [0.5, 0.6) is 0 Å². The molecule has 1 aromatic carbocycles. The number of piperazine rings is 1. The van der Waals surface area contributed by atoms with Crippen LogP contribution in [0.2, 0.25) is 5.02 Å². The molecule has 1 amide bonds. The van der Waals surface area contributed by atoms with E-state index in [4.69, 9.17) is 16.3 Å². The number of halogens is 1. The van der Waals surface area contributed by atoms with E-state index in [9.17, 15) is 4.79 Å². The number of fused-ring (bicyclic) bond motifs is 1. The molecule has 3 heterocycles. The number of carbonyl (C=O) groups excluding carboxylic acids is 1. The molecule has 2 saturated heterocycles. The number of rotatable bonds is 1. The predicted octanol–water partition coefficient (Wildman–Crippen LogP) is 3.07. The van der Waals surface area contributed by atoms with Gasteiger partial charge in [-0.05, 0) is 50.6 Å². The average Bonchev–Trinajstić information content (AvgIpc) is 2.94. The first-order valence-electron chi connectivity index (χ1n) is 8.86. The summed E-state index contributed by atoms with van der Waals surface area (Å²) in [7, 11) is 2.17. The normalized spacial score (nSPS) is 21.2. The Bertz CT molecular complexity index is 810. The molecule has 0 bridgehead atoms. The van der Waals surface area contributed by atoms with Gasteiger partial charge in [0.1, 0.15) is 5.69 Å².